The van der Waals surface area contributed by atoms with E-state index in [0.717, 1.165) is 4.90 Å². The molecule has 1 rings (SSSR count). The number of carbonyl (C=O) groups excluding carboxylic acids is 1. The standard InChI is InChI=1S/C11H17F3N2O4/c12-11(13,14)7-2-1-4-16(6-7)10(20)15-8(3-5-17)9(18)19/h7-8,17H,1-6H2,(H,15,20)(H,18,19). The highest BCUT2D eigenvalue weighted by Crippen LogP contribution is 2.33. The fourth-order valence-electron chi connectivity index (χ4n) is 2.06. The maximum absolute atomic E-state index is 12.6. The number of hydrogen-bond acceptors (Lipinski definition) is 3. The summed E-state index contributed by atoms with van der Waals surface area (Å²) in [6.07, 6.45) is -4.38. The molecule has 3 N–H and O–H groups in total. The number of carbonyl (C=O) groups is 2. The number of nitrogens with one attached hydrogen (secondary N) is 1. The predicted molar refractivity (Wildman–Crippen MR) is 62.0 cm³/mol. The van der Waals surface area contributed by atoms with E-state index in [1.54, 1.807) is 0 Å². The largest absolute Gasteiger partial charge is 0.480 e. The minimum Gasteiger partial charge on any atom is -0.480 e. The number of nitrogens with zero attached hydrogens (tertiary/aromatic N) is 1. The second-order valence-corrected chi connectivity index (χ2v) is 4.68. The van der Waals surface area contributed by atoms with Crippen molar-refractivity contribution < 1.29 is 33.0 Å². The fraction of sp³-hybridized carbons (Fsp3) is 0.818. The molecule has 1 aliphatic rings. The highest BCUT2D eigenvalue weighted by Gasteiger charge is 2.42. The van der Waals surface area contributed by atoms with Crippen molar-refractivity contribution in [3.8, 4) is 0 Å². The van der Waals surface area contributed by atoms with Gasteiger partial charge in [0.2, 0.25) is 0 Å². The topological polar surface area (TPSA) is 89.9 Å². The molecule has 9 heteroatoms. The molecule has 2 amide bonds. The lowest BCUT2D eigenvalue weighted by atomic mass is 9.98. The van der Waals surface area contributed by atoms with E-state index >= 15 is 0 Å². The van der Waals surface area contributed by atoms with Gasteiger partial charge in [-0.1, -0.05) is 0 Å². The van der Waals surface area contributed by atoms with Crippen LogP contribution in [-0.4, -0.2) is 59.0 Å². The minimum atomic E-state index is -4.36. The van der Waals surface area contributed by atoms with E-state index in [2.05, 4.69) is 5.32 Å². The number of amides is 2. The molecule has 1 aliphatic heterocycles. The Morgan fingerprint density at radius 3 is 2.55 bits per heavy atom. The molecule has 0 aromatic rings. The van der Waals surface area contributed by atoms with Crippen molar-refractivity contribution >= 4 is 12.0 Å². The Bertz CT molecular complexity index is 362. The molecule has 1 heterocycles. The lowest BCUT2D eigenvalue weighted by molar-refractivity contribution is -0.184. The summed E-state index contributed by atoms with van der Waals surface area (Å²) in [5.41, 5.74) is 0. The molecule has 116 valence electrons. The monoisotopic (exact) mass is 298 g/mol. The molecule has 20 heavy (non-hydrogen) atoms. The molecule has 0 saturated carbocycles. The summed E-state index contributed by atoms with van der Waals surface area (Å²) >= 11 is 0. The van der Waals surface area contributed by atoms with E-state index in [-0.39, 0.29) is 25.8 Å². The van der Waals surface area contributed by atoms with E-state index in [0.29, 0.717) is 0 Å². The van der Waals surface area contributed by atoms with Crippen LogP contribution in [0.3, 0.4) is 0 Å². The quantitative estimate of drug-likeness (QED) is 0.716. The van der Waals surface area contributed by atoms with Crippen LogP contribution in [0.25, 0.3) is 0 Å². The van der Waals surface area contributed by atoms with Crippen LogP contribution in [0.1, 0.15) is 19.3 Å². The van der Waals surface area contributed by atoms with Gasteiger partial charge in [0, 0.05) is 26.1 Å². The third-order valence-corrected chi connectivity index (χ3v) is 3.19. The molecule has 0 aromatic heterocycles. The zero-order valence-electron chi connectivity index (χ0n) is 10.7. The van der Waals surface area contributed by atoms with E-state index in [1.165, 1.54) is 0 Å². The van der Waals surface area contributed by atoms with Gasteiger partial charge in [-0.25, -0.2) is 9.59 Å². The summed E-state index contributed by atoms with van der Waals surface area (Å²) in [5.74, 6) is -2.92. The molecular formula is C11H17F3N2O4. The van der Waals surface area contributed by atoms with Crippen LogP contribution in [0.2, 0.25) is 0 Å². The summed E-state index contributed by atoms with van der Waals surface area (Å²) in [7, 11) is 0. The molecule has 2 atom stereocenters. The smallest absolute Gasteiger partial charge is 0.393 e. The molecule has 1 saturated heterocycles. The zero-order valence-corrected chi connectivity index (χ0v) is 10.7. The van der Waals surface area contributed by atoms with E-state index in [1.807, 2.05) is 0 Å². The van der Waals surface area contributed by atoms with Crippen LogP contribution in [0.5, 0.6) is 0 Å². The normalized spacial score (nSPS) is 21.4. The van der Waals surface area contributed by atoms with E-state index in [4.69, 9.17) is 10.2 Å². The van der Waals surface area contributed by atoms with Crippen LogP contribution >= 0.6 is 0 Å². The highest BCUT2D eigenvalue weighted by molar-refractivity contribution is 5.82. The van der Waals surface area contributed by atoms with Gasteiger partial charge in [-0.15, -0.1) is 0 Å². The first kappa shape index (κ1) is 16.5. The molecule has 0 bridgehead atoms. The van der Waals surface area contributed by atoms with Gasteiger partial charge in [-0.3, -0.25) is 0 Å². The summed E-state index contributed by atoms with van der Waals surface area (Å²) < 4.78 is 37.8. The van der Waals surface area contributed by atoms with Crippen molar-refractivity contribution in [1.82, 2.24) is 10.2 Å². The van der Waals surface area contributed by atoms with Crippen molar-refractivity contribution in [3.63, 3.8) is 0 Å². The van der Waals surface area contributed by atoms with Crippen molar-refractivity contribution in [2.75, 3.05) is 19.7 Å². The Hall–Kier alpha value is -1.51. The van der Waals surface area contributed by atoms with Gasteiger partial charge < -0.3 is 20.4 Å². The number of aliphatic carboxylic acids is 1. The lowest BCUT2D eigenvalue weighted by Gasteiger charge is -2.34. The second-order valence-electron chi connectivity index (χ2n) is 4.68. The Morgan fingerprint density at radius 1 is 1.40 bits per heavy atom. The molecule has 2 unspecified atom stereocenters. The van der Waals surface area contributed by atoms with E-state index in [9.17, 15) is 22.8 Å². The summed E-state index contributed by atoms with van der Waals surface area (Å²) in [6, 6.07) is -2.15. The number of rotatable bonds is 4. The summed E-state index contributed by atoms with van der Waals surface area (Å²) in [6.45, 7) is -0.757. The van der Waals surface area contributed by atoms with Crippen molar-refractivity contribution in [1.29, 1.82) is 0 Å². The Kier molecular flexibility index (Phi) is 5.61. The number of carboxylic acid groups (broad SMARTS) is 1. The SMILES string of the molecule is O=C(O)C(CCO)NC(=O)N1CCCC(C(F)(F)F)C1. The number of aliphatic hydroxyl groups excluding tert-OH is 1. The number of hydrogen-bond donors (Lipinski definition) is 3. The minimum absolute atomic E-state index is 0.0354. The lowest BCUT2D eigenvalue weighted by Crippen LogP contribution is -2.52. The summed E-state index contributed by atoms with van der Waals surface area (Å²) in [4.78, 5) is 23.5. The first-order valence-electron chi connectivity index (χ1n) is 6.21. The molecule has 1 fully saturated rings. The average Bonchev–Trinajstić information content (AvgIpc) is 2.37. The molecule has 0 radical (unpaired) electrons. The van der Waals surface area contributed by atoms with Gasteiger partial charge in [-0.05, 0) is 12.8 Å². The molecule has 6 nitrogen and oxygen atoms in total. The Labute approximate surface area is 113 Å². The zero-order chi connectivity index (χ0) is 15.3. The third-order valence-electron chi connectivity index (χ3n) is 3.19. The van der Waals surface area contributed by atoms with Crippen molar-refractivity contribution in [3.05, 3.63) is 0 Å². The van der Waals surface area contributed by atoms with Gasteiger partial charge in [0.15, 0.2) is 0 Å². The van der Waals surface area contributed by atoms with E-state index < -0.39 is 43.3 Å². The van der Waals surface area contributed by atoms with Gasteiger partial charge in [0.1, 0.15) is 6.04 Å². The van der Waals surface area contributed by atoms with Crippen molar-refractivity contribution in [2.45, 2.75) is 31.5 Å². The summed E-state index contributed by atoms with van der Waals surface area (Å²) in [5, 5.41) is 19.6. The fourth-order valence-corrected chi connectivity index (χ4v) is 2.06. The van der Waals surface area contributed by atoms with Gasteiger partial charge in [0.05, 0.1) is 5.92 Å². The first-order valence-corrected chi connectivity index (χ1v) is 6.21. The maximum atomic E-state index is 12.6. The van der Waals surface area contributed by atoms with Gasteiger partial charge in [0.25, 0.3) is 0 Å². The number of halogens is 3. The number of alkyl halides is 3. The number of carboxylic acids is 1. The van der Waals surface area contributed by atoms with Crippen LogP contribution in [0.4, 0.5) is 18.0 Å². The average molecular weight is 298 g/mol. The van der Waals surface area contributed by atoms with Crippen LogP contribution in [0, 0.1) is 5.92 Å². The molecular weight excluding hydrogens is 281 g/mol. The molecule has 0 aromatic carbocycles. The van der Waals surface area contributed by atoms with Crippen molar-refractivity contribution in [2.24, 2.45) is 5.92 Å². The third kappa shape index (κ3) is 4.55. The van der Waals surface area contributed by atoms with Crippen LogP contribution in [-0.2, 0) is 4.79 Å². The Morgan fingerprint density at radius 2 is 2.05 bits per heavy atom. The number of piperidine rings is 1. The van der Waals surface area contributed by atoms with Gasteiger partial charge in [-0.2, -0.15) is 13.2 Å². The maximum Gasteiger partial charge on any atom is 0.393 e. The number of likely N-dealkylation sites (tertiary alicyclic amines) is 1. The highest BCUT2D eigenvalue weighted by atomic mass is 19.4. The van der Waals surface area contributed by atoms with Crippen LogP contribution in [0.15, 0.2) is 0 Å². The van der Waals surface area contributed by atoms with Gasteiger partial charge >= 0.3 is 18.2 Å². The number of urea groups is 1. The van der Waals surface area contributed by atoms with Crippen LogP contribution < -0.4 is 5.32 Å². The number of aliphatic hydroxyl groups is 1. The second kappa shape index (κ2) is 6.78. The first-order chi connectivity index (χ1) is 9.25. The predicted octanol–water partition coefficient (Wildman–Crippen LogP) is 0.806. The molecule has 0 spiro atoms. The molecule has 0 aliphatic carbocycles. The Balaban J connectivity index is 2.60.